The highest BCUT2D eigenvalue weighted by atomic mass is 15.1. The number of rotatable bonds is 8. The molecule has 0 aliphatic carbocycles. The number of nitrogens with zero attached hydrogens (tertiary/aromatic N) is 3. The summed E-state index contributed by atoms with van der Waals surface area (Å²) in [4.78, 5) is 2.32. The van der Waals surface area contributed by atoms with Gasteiger partial charge in [0.2, 0.25) is 0 Å². The molecule has 2 heterocycles. The van der Waals surface area contributed by atoms with Gasteiger partial charge in [0, 0.05) is 50.0 Å². The maximum Gasteiger partial charge on any atom is 0.0547 e. The maximum atomic E-state index is 2.42. The Morgan fingerprint density at radius 2 is 0.612 bits per heavy atom. The first kappa shape index (κ1) is 38.5. The van der Waals surface area contributed by atoms with E-state index in [9.17, 15) is 0 Å². The van der Waals surface area contributed by atoms with E-state index in [0.29, 0.717) is 0 Å². The molecule has 0 atom stereocenters. The van der Waals surface area contributed by atoms with Crippen LogP contribution in [0.1, 0.15) is 0 Å². The molecule has 0 saturated carbocycles. The number of hydrogen-bond donors (Lipinski definition) is 0. The molecule has 2 aromatic heterocycles. The molecule has 0 aliphatic rings. The number of benzene rings is 11. The van der Waals surface area contributed by atoms with Crippen molar-refractivity contribution in [3.63, 3.8) is 0 Å². The summed E-state index contributed by atoms with van der Waals surface area (Å²) in [5, 5.41) is 7.42. The fraction of sp³-hybridized carbons (Fsp3) is 0. The van der Waals surface area contributed by atoms with Gasteiger partial charge in [-0.05, 0) is 165 Å². The minimum atomic E-state index is 1.10. The van der Waals surface area contributed by atoms with E-state index in [1.807, 2.05) is 0 Å². The van der Waals surface area contributed by atoms with E-state index in [4.69, 9.17) is 0 Å². The molecule has 13 aromatic rings. The lowest BCUT2D eigenvalue weighted by atomic mass is 9.92. The van der Waals surface area contributed by atoms with E-state index in [0.717, 1.165) is 39.6 Å². The van der Waals surface area contributed by atoms with E-state index in [1.54, 1.807) is 0 Å². The lowest BCUT2D eigenvalue weighted by Gasteiger charge is -2.25. The number of aromatic nitrogens is 2. The van der Waals surface area contributed by atoms with Crippen molar-refractivity contribution in [1.29, 1.82) is 0 Å². The Labute approximate surface area is 389 Å². The van der Waals surface area contributed by atoms with Gasteiger partial charge in [-0.1, -0.05) is 140 Å². The van der Waals surface area contributed by atoms with Crippen LogP contribution in [0.5, 0.6) is 0 Å². The number of hydrogen-bond acceptors (Lipinski definition) is 1. The first-order chi connectivity index (χ1) is 33.2. The van der Waals surface area contributed by atoms with Gasteiger partial charge in [0.05, 0.1) is 22.1 Å². The minimum Gasteiger partial charge on any atom is -0.311 e. The SMILES string of the molecule is c1ccc(N(c2ccccc2)c2ccc(-c3cc(-c4ccc5c(c4)c4ccccc4n5-c4ccccc4)cc(-c4ccc5c(c4)c4cc6ccccc6cc4n5-c4ccccc4)c3)cc2)cc1. The number of para-hydroxylation sites is 5. The van der Waals surface area contributed by atoms with E-state index in [2.05, 4.69) is 275 Å². The lowest BCUT2D eigenvalue weighted by Crippen LogP contribution is -2.09. The van der Waals surface area contributed by atoms with Crippen LogP contribution in [0.4, 0.5) is 17.1 Å². The van der Waals surface area contributed by atoms with Crippen LogP contribution in [0.2, 0.25) is 0 Å². The van der Waals surface area contributed by atoms with Gasteiger partial charge in [-0.15, -0.1) is 0 Å². The standard InChI is InChI=1S/C64H43N3/c1-5-19-52(20-6-1)65(53-21-7-2-8-22-53)56-33-29-44(30-34-56)49-37-50(47-31-35-62-58(41-47)57-27-15-16-28-61(57)66(62)54-23-9-3-10-24-54)39-51(38-49)48-32-36-63-59(42-48)60-40-45-17-13-14-18-46(45)43-64(60)67(63)55-25-11-4-12-26-55/h1-43H. The Morgan fingerprint density at radius 1 is 0.224 bits per heavy atom. The maximum absolute atomic E-state index is 2.42. The second kappa shape index (κ2) is 16.0. The highest BCUT2D eigenvalue weighted by molar-refractivity contribution is 6.15. The zero-order chi connectivity index (χ0) is 44.3. The summed E-state index contributed by atoms with van der Waals surface area (Å²) >= 11 is 0. The molecule has 0 saturated heterocycles. The van der Waals surface area contributed by atoms with Gasteiger partial charge < -0.3 is 14.0 Å². The smallest absolute Gasteiger partial charge is 0.0547 e. The third kappa shape index (κ3) is 6.67. The molecule has 13 rings (SSSR count). The van der Waals surface area contributed by atoms with Crippen LogP contribution in [-0.2, 0) is 0 Å². The first-order valence-electron chi connectivity index (χ1n) is 23.0. The van der Waals surface area contributed by atoms with E-state index in [-0.39, 0.29) is 0 Å². The van der Waals surface area contributed by atoms with Crippen LogP contribution in [-0.4, -0.2) is 9.13 Å². The highest BCUT2D eigenvalue weighted by Crippen LogP contribution is 2.42. The number of anilines is 3. The molecular formula is C64H43N3. The Kier molecular flexibility index (Phi) is 9.17. The van der Waals surface area contributed by atoms with Crippen LogP contribution in [0.25, 0.3) is 99.1 Å². The molecular weight excluding hydrogens is 811 g/mol. The lowest BCUT2D eigenvalue weighted by molar-refractivity contribution is 1.18. The zero-order valence-corrected chi connectivity index (χ0v) is 36.7. The van der Waals surface area contributed by atoms with Crippen LogP contribution < -0.4 is 4.90 Å². The van der Waals surface area contributed by atoms with Gasteiger partial charge >= 0.3 is 0 Å². The largest absolute Gasteiger partial charge is 0.311 e. The Balaban J connectivity index is 1.01. The van der Waals surface area contributed by atoms with Gasteiger partial charge in [-0.25, -0.2) is 0 Å². The van der Waals surface area contributed by atoms with Gasteiger partial charge in [-0.2, -0.15) is 0 Å². The fourth-order valence-corrected chi connectivity index (χ4v) is 10.3. The summed E-state index contributed by atoms with van der Waals surface area (Å²) in [7, 11) is 0. The van der Waals surface area contributed by atoms with Gasteiger partial charge in [0.15, 0.2) is 0 Å². The third-order valence-electron chi connectivity index (χ3n) is 13.4. The molecule has 3 heteroatoms. The average Bonchev–Trinajstić information content (AvgIpc) is 3.90. The summed E-state index contributed by atoms with van der Waals surface area (Å²) in [6, 6.07) is 95.0. The summed E-state index contributed by atoms with van der Waals surface area (Å²) in [6.45, 7) is 0. The molecule has 0 radical (unpaired) electrons. The molecule has 67 heavy (non-hydrogen) atoms. The fourth-order valence-electron chi connectivity index (χ4n) is 10.3. The second-order valence-corrected chi connectivity index (χ2v) is 17.4. The Morgan fingerprint density at radius 3 is 1.18 bits per heavy atom. The van der Waals surface area contributed by atoms with Crippen molar-refractivity contribution in [2.75, 3.05) is 4.90 Å². The van der Waals surface area contributed by atoms with Crippen LogP contribution in [0.15, 0.2) is 261 Å². The summed E-state index contributed by atoms with van der Waals surface area (Å²) in [5.74, 6) is 0. The molecule has 314 valence electrons. The second-order valence-electron chi connectivity index (χ2n) is 17.4. The van der Waals surface area contributed by atoms with E-state index in [1.165, 1.54) is 76.6 Å². The highest BCUT2D eigenvalue weighted by Gasteiger charge is 2.18. The average molecular weight is 854 g/mol. The van der Waals surface area contributed by atoms with E-state index < -0.39 is 0 Å². The monoisotopic (exact) mass is 853 g/mol. The van der Waals surface area contributed by atoms with Crippen LogP contribution >= 0.6 is 0 Å². The summed E-state index contributed by atoms with van der Waals surface area (Å²) < 4.78 is 4.80. The van der Waals surface area contributed by atoms with Gasteiger partial charge in [-0.3, -0.25) is 0 Å². The Bertz CT molecular complexity index is 3900. The molecule has 0 unspecified atom stereocenters. The Hall–Kier alpha value is -8.92. The molecule has 11 aromatic carbocycles. The van der Waals surface area contributed by atoms with Crippen molar-refractivity contribution >= 4 is 71.4 Å². The van der Waals surface area contributed by atoms with Gasteiger partial charge in [0.25, 0.3) is 0 Å². The molecule has 0 N–H and O–H groups in total. The normalized spacial score (nSPS) is 11.6. The molecule has 0 spiro atoms. The molecule has 0 aliphatic heterocycles. The van der Waals surface area contributed by atoms with Crippen molar-refractivity contribution in [3.05, 3.63) is 261 Å². The van der Waals surface area contributed by atoms with Crippen molar-refractivity contribution in [2.24, 2.45) is 0 Å². The molecule has 0 amide bonds. The predicted molar refractivity (Wildman–Crippen MR) is 284 cm³/mol. The molecule has 3 nitrogen and oxygen atoms in total. The predicted octanol–water partition coefficient (Wildman–Crippen LogP) is 17.5. The topological polar surface area (TPSA) is 13.1 Å². The zero-order valence-electron chi connectivity index (χ0n) is 36.7. The van der Waals surface area contributed by atoms with Gasteiger partial charge in [0.1, 0.15) is 0 Å². The summed E-state index contributed by atoms with van der Waals surface area (Å²) in [5.41, 5.74) is 17.4. The molecule has 0 fully saturated rings. The quantitative estimate of drug-likeness (QED) is 0.148. The van der Waals surface area contributed by atoms with Crippen LogP contribution in [0.3, 0.4) is 0 Å². The van der Waals surface area contributed by atoms with Crippen molar-refractivity contribution in [3.8, 4) is 44.8 Å². The van der Waals surface area contributed by atoms with Crippen LogP contribution in [0, 0.1) is 0 Å². The minimum absolute atomic E-state index is 1.10. The van der Waals surface area contributed by atoms with E-state index >= 15 is 0 Å². The van der Waals surface area contributed by atoms with Crippen molar-refractivity contribution in [1.82, 2.24) is 9.13 Å². The summed E-state index contributed by atoms with van der Waals surface area (Å²) in [6.07, 6.45) is 0. The first-order valence-corrected chi connectivity index (χ1v) is 23.0. The number of fused-ring (bicyclic) bond motifs is 7. The van der Waals surface area contributed by atoms with Crippen molar-refractivity contribution in [2.45, 2.75) is 0 Å². The van der Waals surface area contributed by atoms with Crippen molar-refractivity contribution < 1.29 is 0 Å². The molecule has 0 bridgehead atoms. The third-order valence-corrected chi connectivity index (χ3v) is 13.4.